The molecule has 1 aromatic heterocycles. The number of nitrogens with zero attached hydrogens (tertiary/aromatic N) is 3. The summed E-state index contributed by atoms with van der Waals surface area (Å²) >= 11 is 7.17. The van der Waals surface area contributed by atoms with Crippen LogP contribution in [0.2, 0.25) is 5.02 Å². The highest BCUT2D eigenvalue weighted by atomic mass is 35.5. The van der Waals surface area contributed by atoms with E-state index in [2.05, 4.69) is 10.1 Å². The summed E-state index contributed by atoms with van der Waals surface area (Å²) in [6.07, 6.45) is -2.06. The number of aliphatic hydroxyl groups excluding tert-OH is 2. The molecule has 2 aromatic rings. The molecule has 0 aliphatic heterocycles. The van der Waals surface area contributed by atoms with Gasteiger partial charge in [0.25, 0.3) is 0 Å². The lowest BCUT2D eigenvalue weighted by molar-refractivity contribution is 0.0347. The lowest BCUT2D eigenvalue weighted by Crippen LogP contribution is -2.25. The minimum absolute atomic E-state index is 0.540. The zero-order chi connectivity index (χ0) is 14.0. The van der Waals surface area contributed by atoms with Crippen LogP contribution in [0.3, 0.4) is 0 Å². The molecule has 0 bridgehead atoms. The molecule has 7 heteroatoms. The molecular weight excluding hydrogens is 286 g/mol. The highest BCUT2D eigenvalue weighted by molar-refractivity contribution is 7.12. The summed E-state index contributed by atoms with van der Waals surface area (Å²) in [6, 6.07) is 7.32. The van der Waals surface area contributed by atoms with Crippen LogP contribution in [0.4, 0.5) is 0 Å². The van der Waals surface area contributed by atoms with E-state index in [1.54, 1.807) is 23.9 Å². The van der Waals surface area contributed by atoms with E-state index < -0.39 is 12.3 Å². The van der Waals surface area contributed by atoms with E-state index in [0.29, 0.717) is 9.82 Å². The zero-order valence-corrected chi connectivity index (χ0v) is 12.1. The van der Waals surface area contributed by atoms with Gasteiger partial charge in [0, 0.05) is 17.6 Å². The lowest BCUT2D eigenvalue weighted by atomic mass is 10.2. The van der Waals surface area contributed by atoms with E-state index in [-0.39, 0.29) is 0 Å². The number of aryl methyl sites for hydroxylation is 1. The molecule has 2 unspecified atom stereocenters. The zero-order valence-electron chi connectivity index (χ0n) is 10.5. The normalized spacial score (nSPS) is 15.5. The average Bonchev–Trinajstić information content (AvgIpc) is 2.71. The van der Waals surface area contributed by atoms with Crippen LogP contribution in [-0.2, 0) is 7.05 Å². The minimum atomic E-state index is -1.15. The van der Waals surface area contributed by atoms with Gasteiger partial charge in [-0.25, -0.2) is 9.67 Å². The first kappa shape index (κ1) is 14.2. The number of benzene rings is 1. The van der Waals surface area contributed by atoms with Gasteiger partial charge in [0.1, 0.15) is 5.01 Å². The van der Waals surface area contributed by atoms with E-state index in [1.165, 1.54) is 18.3 Å². The van der Waals surface area contributed by atoms with Crippen molar-refractivity contribution >= 4 is 22.9 Å². The Kier molecular flexibility index (Phi) is 4.36. The Bertz CT molecular complexity index is 619. The summed E-state index contributed by atoms with van der Waals surface area (Å²) < 4.78 is 1.57. The predicted molar refractivity (Wildman–Crippen MR) is 74.8 cm³/mol. The molecule has 0 aliphatic carbocycles. The highest BCUT2D eigenvalue weighted by Gasteiger charge is 2.10. The van der Waals surface area contributed by atoms with Crippen LogP contribution in [0.15, 0.2) is 29.3 Å². The van der Waals surface area contributed by atoms with Crippen LogP contribution >= 0.6 is 22.9 Å². The number of halogens is 1. The maximum absolute atomic E-state index is 9.55. The van der Waals surface area contributed by atoms with Gasteiger partial charge in [-0.2, -0.15) is 5.10 Å². The fourth-order valence-corrected chi connectivity index (χ4v) is 2.44. The molecule has 2 atom stereocenters. The Morgan fingerprint density at radius 1 is 1.32 bits per heavy atom. The third-order valence-corrected chi connectivity index (χ3v) is 3.79. The molecule has 2 N–H and O–H groups in total. The SMILES string of the molecule is CC(O)C(O)/N=c1\sc(-c2ccc(Cl)cc2)nn1C. The predicted octanol–water partition coefficient (Wildman–Crippen LogP) is 1.40. The van der Waals surface area contributed by atoms with Gasteiger partial charge >= 0.3 is 0 Å². The Hall–Kier alpha value is -1.21. The van der Waals surface area contributed by atoms with Crippen molar-refractivity contribution in [3.8, 4) is 10.6 Å². The van der Waals surface area contributed by atoms with Gasteiger partial charge in [-0.05, 0) is 19.1 Å². The van der Waals surface area contributed by atoms with E-state index in [0.717, 1.165) is 10.6 Å². The fourth-order valence-electron chi connectivity index (χ4n) is 1.39. The summed E-state index contributed by atoms with van der Waals surface area (Å²) in [6.45, 7) is 1.48. The summed E-state index contributed by atoms with van der Waals surface area (Å²) in [7, 11) is 1.74. The first-order valence-corrected chi connectivity index (χ1v) is 6.87. The van der Waals surface area contributed by atoms with Crippen LogP contribution in [0.5, 0.6) is 0 Å². The fraction of sp³-hybridized carbons (Fsp3) is 0.333. The molecule has 0 aliphatic rings. The van der Waals surface area contributed by atoms with Crippen molar-refractivity contribution in [2.45, 2.75) is 19.3 Å². The van der Waals surface area contributed by atoms with Crippen LogP contribution in [0, 0.1) is 0 Å². The molecule has 1 aromatic carbocycles. The number of aromatic nitrogens is 2. The van der Waals surface area contributed by atoms with E-state index in [4.69, 9.17) is 11.6 Å². The van der Waals surface area contributed by atoms with E-state index in [1.807, 2.05) is 12.1 Å². The molecule has 0 radical (unpaired) electrons. The quantitative estimate of drug-likeness (QED) is 0.900. The molecule has 0 amide bonds. The molecule has 1 heterocycles. The van der Waals surface area contributed by atoms with Gasteiger partial charge in [0.2, 0.25) is 4.80 Å². The average molecular weight is 300 g/mol. The summed E-state index contributed by atoms with van der Waals surface area (Å²) in [5.41, 5.74) is 0.929. The second-order valence-electron chi connectivity index (χ2n) is 4.10. The van der Waals surface area contributed by atoms with Gasteiger partial charge in [0.15, 0.2) is 6.23 Å². The molecule has 0 saturated carbocycles. The van der Waals surface area contributed by atoms with E-state index >= 15 is 0 Å². The molecule has 2 rings (SSSR count). The van der Waals surface area contributed by atoms with Crippen molar-refractivity contribution in [2.24, 2.45) is 12.0 Å². The van der Waals surface area contributed by atoms with Crippen molar-refractivity contribution in [3.63, 3.8) is 0 Å². The number of rotatable bonds is 3. The monoisotopic (exact) mass is 299 g/mol. The second kappa shape index (κ2) is 5.83. The van der Waals surface area contributed by atoms with E-state index in [9.17, 15) is 10.2 Å². The van der Waals surface area contributed by atoms with Crippen LogP contribution in [0.25, 0.3) is 10.6 Å². The number of hydrogen-bond donors (Lipinski definition) is 2. The Morgan fingerprint density at radius 2 is 1.95 bits per heavy atom. The van der Waals surface area contributed by atoms with Crippen molar-refractivity contribution in [1.82, 2.24) is 9.78 Å². The van der Waals surface area contributed by atoms with Crippen molar-refractivity contribution in [1.29, 1.82) is 0 Å². The van der Waals surface area contributed by atoms with Crippen molar-refractivity contribution in [3.05, 3.63) is 34.1 Å². The van der Waals surface area contributed by atoms with Gasteiger partial charge in [0.05, 0.1) is 6.10 Å². The summed E-state index contributed by atoms with van der Waals surface area (Å²) in [5, 5.41) is 24.6. The molecule has 19 heavy (non-hydrogen) atoms. The Labute approximate surface area is 119 Å². The van der Waals surface area contributed by atoms with Crippen LogP contribution in [-0.4, -0.2) is 32.3 Å². The van der Waals surface area contributed by atoms with Gasteiger partial charge in [-0.3, -0.25) is 0 Å². The minimum Gasteiger partial charge on any atom is -0.389 e. The topological polar surface area (TPSA) is 70.6 Å². The standard InChI is InChI=1S/C12H14ClN3O2S/c1-7(17)10(18)14-12-16(2)15-11(19-12)8-3-5-9(13)6-4-8/h3-7,10,17-18H,1-2H3/b14-12-. The summed E-state index contributed by atoms with van der Waals surface area (Å²) in [5.74, 6) is 0. The van der Waals surface area contributed by atoms with Crippen molar-refractivity contribution in [2.75, 3.05) is 0 Å². The molecule has 0 spiro atoms. The van der Waals surface area contributed by atoms with Crippen LogP contribution in [0.1, 0.15) is 6.92 Å². The number of aliphatic hydroxyl groups is 2. The molecule has 0 saturated heterocycles. The smallest absolute Gasteiger partial charge is 0.205 e. The molecule has 102 valence electrons. The first-order chi connectivity index (χ1) is 8.97. The largest absolute Gasteiger partial charge is 0.389 e. The van der Waals surface area contributed by atoms with Crippen LogP contribution < -0.4 is 4.80 Å². The lowest BCUT2D eigenvalue weighted by Gasteiger charge is -2.06. The Morgan fingerprint density at radius 3 is 2.53 bits per heavy atom. The number of hydrogen-bond acceptors (Lipinski definition) is 5. The maximum atomic E-state index is 9.55. The van der Waals surface area contributed by atoms with Gasteiger partial charge < -0.3 is 10.2 Å². The molecule has 0 fully saturated rings. The second-order valence-corrected chi connectivity index (χ2v) is 5.50. The molecule has 5 nitrogen and oxygen atoms in total. The van der Waals surface area contributed by atoms with Crippen molar-refractivity contribution < 1.29 is 10.2 Å². The molecular formula is C12H14ClN3O2S. The Balaban J connectivity index is 2.38. The maximum Gasteiger partial charge on any atom is 0.205 e. The highest BCUT2D eigenvalue weighted by Crippen LogP contribution is 2.21. The van der Waals surface area contributed by atoms with Gasteiger partial charge in [-0.15, -0.1) is 0 Å². The van der Waals surface area contributed by atoms with Gasteiger partial charge in [-0.1, -0.05) is 35.1 Å². The first-order valence-electron chi connectivity index (χ1n) is 5.67. The third-order valence-electron chi connectivity index (χ3n) is 2.47. The third kappa shape index (κ3) is 3.42. The summed E-state index contributed by atoms with van der Waals surface area (Å²) in [4.78, 5) is 4.56.